The van der Waals surface area contributed by atoms with Crippen LogP contribution in [0.4, 0.5) is 17.1 Å². The van der Waals surface area contributed by atoms with E-state index in [1.165, 1.54) is 24.3 Å². The van der Waals surface area contributed by atoms with Crippen molar-refractivity contribution >= 4 is 53.8 Å². The van der Waals surface area contributed by atoms with Crippen molar-refractivity contribution in [3.63, 3.8) is 0 Å². The van der Waals surface area contributed by atoms with Crippen LogP contribution in [0.15, 0.2) is 95.9 Å². The smallest absolute Gasteiger partial charge is 0.261 e. The van der Waals surface area contributed by atoms with Gasteiger partial charge in [0.15, 0.2) is 0 Å². The van der Waals surface area contributed by atoms with Gasteiger partial charge >= 0.3 is 0 Å². The SMILES string of the molecule is Cc1ccccc1N(CC(=O)Nc1ccc(S(=O)(=O)Nc2cccc3ccccc23)cc1)S(C)(=O)=O. The van der Waals surface area contributed by atoms with E-state index in [0.717, 1.165) is 21.3 Å². The van der Waals surface area contributed by atoms with Crippen molar-refractivity contribution in [2.75, 3.05) is 27.1 Å². The highest BCUT2D eigenvalue weighted by molar-refractivity contribution is 7.92. The summed E-state index contributed by atoms with van der Waals surface area (Å²) in [6.07, 6.45) is 1.04. The summed E-state index contributed by atoms with van der Waals surface area (Å²) < 4.78 is 54.2. The third kappa shape index (κ3) is 5.67. The van der Waals surface area contributed by atoms with E-state index in [1.54, 1.807) is 43.3 Å². The Hall–Kier alpha value is -3.89. The lowest BCUT2D eigenvalue weighted by atomic mass is 10.1. The number of sulfonamides is 2. The molecule has 4 aromatic carbocycles. The molecule has 0 aliphatic carbocycles. The molecule has 0 saturated carbocycles. The summed E-state index contributed by atoms with van der Waals surface area (Å²) in [4.78, 5) is 12.7. The van der Waals surface area contributed by atoms with Crippen molar-refractivity contribution in [1.82, 2.24) is 0 Å². The standard InChI is InChI=1S/C26H25N3O5S2/c1-19-8-3-6-13-25(19)29(35(2,31)32)18-26(30)27-21-14-16-22(17-15-21)36(33,34)28-24-12-7-10-20-9-4-5-11-23(20)24/h3-17,28H,18H2,1-2H3,(H,27,30). The highest BCUT2D eigenvalue weighted by Gasteiger charge is 2.22. The molecule has 0 heterocycles. The van der Waals surface area contributed by atoms with Crippen LogP contribution in [0.1, 0.15) is 5.56 Å². The molecule has 0 unspecified atom stereocenters. The molecule has 10 heteroatoms. The number of para-hydroxylation sites is 1. The Morgan fingerprint density at radius 3 is 2.14 bits per heavy atom. The minimum absolute atomic E-state index is 0.0195. The van der Waals surface area contributed by atoms with Gasteiger partial charge < -0.3 is 5.32 Å². The molecule has 0 radical (unpaired) electrons. The van der Waals surface area contributed by atoms with Gasteiger partial charge in [-0.3, -0.25) is 13.8 Å². The van der Waals surface area contributed by atoms with Crippen LogP contribution in [0.25, 0.3) is 10.8 Å². The number of benzene rings is 4. The van der Waals surface area contributed by atoms with Crippen molar-refractivity contribution < 1.29 is 21.6 Å². The van der Waals surface area contributed by atoms with Gasteiger partial charge in [0.2, 0.25) is 15.9 Å². The third-order valence-electron chi connectivity index (χ3n) is 5.55. The quantitative estimate of drug-likeness (QED) is 0.357. The molecule has 186 valence electrons. The largest absolute Gasteiger partial charge is 0.325 e. The van der Waals surface area contributed by atoms with Crippen LogP contribution in [-0.2, 0) is 24.8 Å². The first kappa shape index (κ1) is 25.2. The monoisotopic (exact) mass is 523 g/mol. The molecule has 8 nitrogen and oxygen atoms in total. The molecular formula is C26H25N3O5S2. The Kier molecular flexibility index (Phi) is 7.00. The van der Waals surface area contributed by atoms with Crippen LogP contribution in [0.2, 0.25) is 0 Å². The lowest BCUT2D eigenvalue weighted by Crippen LogP contribution is -2.37. The first-order valence-electron chi connectivity index (χ1n) is 11.0. The molecular weight excluding hydrogens is 498 g/mol. The van der Waals surface area contributed by atoms with E-state index >= 15 is 0 Å². The molecule has 0 fully saturated rings. The van der Waals surface area contributed by atoms with Crippen LogP contribution in [0.5, 0.6) is 0 Å². The van der Waals surface area contributed by atoms with Gasteiger partial charge in [0.1, 0.15) is 6.54 Å². The Labute approximate surface area is 210 Å². The fourth-order valence-electron chi connectivity index (χ4n) is 3.79. The summed E-state index contributed by atoms with van der Waals surface area (Å²) in [5, 5.41) is 4.31. The number of anilines is 3. The maximum atomic E-state index is 13.0. The Morgan fingerprint density at radius 2 is 1.44 bits per heavy atom. The fourth-order valence-corrected chi connectivity index (χ4v) is 5.78. The van der Waals surface area contributed by atoms with E-state index in [0.29, 0.717) is 22.6 Å². The number of hydrogen-bond donors (Lipinski definition) is 2. The summed E-state index contributed by atoms with van der Waals surface area (Å²) in [5.74, 6) is -0.562. The van der Waals surface area contributed by atoms with Gasteiger partial charge in [0.25, 0.3) is 10.0 Å². The summed E-state index contributed by atoms with van der Waals surface area (Å²) in [6, 6.07) is 25.3. The number of fused-ring (bicyclic) bond motifs is 1. The van der Waals surface area contributed by atoms with E-state index in [2.05, 4.69) is 10.0 Å². The van der Waals surface area contributed by atoms with Crippen molar-refractivity contribution in [2.24, 2.45) is 0 Å². The van der Waals surface area contributed by atoms with Gasteiger partial charge in [-0.15, -0.1) is 0 Å². The topological polar surface area (TPSA) is 113 Å². The molecule has 1 amide bonds. The van der Waals surface area contributed by atoms with Gasteiger partial charge in [-0.25, -0.2) is 16.8 Å². The molecule has 36 heavy (non-hydrogen) atoms. The van der Waals surface area contributed by atoms with Gasteiger partial charge in [0, 0.05) is 11.1 Å². The van der Waals surface area contributed by atoms with Crippen molar-refractivity contribution in [1.29, 1.82) is 0 Å². The summed E-state index contributed by atoms with van der Waals surface area (Å²) in [7, 11) is -7.59. The average molecular weight is 524 g/mol. The predicted octanol–water partition coefficient (Wildman–Crippen LogP) is 4.35. The highest BCUT2D eigenvalue weighted by Crippen LogP contribution is 2.26. The molecule has 0 spiro atoms. The second-order valence-corrected chi connectivity index (χ2v) is 11.9. The lowest BCUT2D eigenvalue weighted by Gasteiger charge is -2.23. The minimum Gasteiger partial charge on any atom is -0.325 e. The molecule has 2 N–H and O–H groups in total. The van der Waals surface area contributed by atoms with E-state index in [4.69, 9.17) is 0 Å². The van der Waals surface area contributed by atoms with E-state index in [1.807, 2.05) is 30.3 Å². The molecule has 0 saturated heterocycles. The maximum Gasteiger partial charge on any atom is 0.261 e. The van der Waals surface area contributed by atoms with Gasteiger partial charge in [-0.2, -0.15) is 0 Å². The Bertz CT molecular complexity index is 1630. The zero-order valence-electron chi connectivity index (χ0n) is 19.7. The second kappa shape index (κ2) is 10.00. The number of hydrogen-bond acceptors (Lipinski definition) is 5. The molecule has 4 rings (SSSR count). The highest BCUT2D eigenvalue weighted by atomic mass is 32.2. The third-order valence-corrected chi connectivity index (χ3v) is 8.06. The first-order valence-corrected chi connectivity index (χ1v) is 14.3. The zero-order valence-corrected chi connectivity index (χ0v) is 21.3. The van der Waals surface area contributed by atoms with Crippen LogP contribution >= 0.6 is 0 Å². The number of rotatable bonds is 8. The van der Waals surface area contributed by atoms with E-state index in [-0.39, 0.29) is 4.90 Å². The number of carbonyl (C=O) groups is 1. The normalized spacial score (nSPS) is 11.7. The van der Waals surface area contributed by atoms with Crippen molar-refractivity contribution in [3.05, 3.63) is 96.6 Å². The molecule has 0 aliphatic rings. The van der Waals surface area contributed by atoms with Crippen LogP contribution in [0, 0.1) is 6.92 Å². The van der Waals surface area contributed by atoms with Gasteiger partial charge in [-0.05, 0) is 54.3 Å². The Balaban J connectivity index is 1.49. The Morgan fingerprint density at radius 1 is 0.806 bits per heavy atom. The summed E-state index contributed by atoms with van der Waals surface area (Å²) in [5.41, 5.74) is 1.92. The van der Waals surface area contributed by atoms with Crippen LogP contribution < -0.4 is 14.3 Å². The second-order valence-electron chi connectivity index (χ2n) is 8.26. The van der Waals surface area contributed by atoms with Crippen molar-refractivity contribution in [3.8, 4) is 0 Å². The fraction of sp³-hybridized carbons (Fsp3) is 0.115. The van der Waals surface area contributed by atoms with Crippen molar-refractivity contribution in [2.45, 2.75) is 11.8 Å². The molecule has 0 aromatic heterocycles. The average Bonchev–Trinajstić information content (AvgIpc) is 2.83. The summed E-state index contributed by atoms with van der Waals surface area (Å²) in [6.45, 7) is 1.34. The maximum absolute atomic E-state index is 13.0. The van der Waals surface area contributed by atoms with E-state index in [9.17, 15) is 21.6 Å². The molecule has 0 atom stereocenters. The first-order chi connectivity index (χ1) is 17.0. The van der Waals surface area contributed by atoms with Gasteiger partial charge in [0.05, 0.1) is 22.5 Å². The van der Waals surface area contributed by atoms with Gasteiger partial charge in [-0.1, -0.05) is 54.6 Å². The number of aryl methyl sites for hydroxylation is 1. The molecule has 0 aliphatic heterocycles. The summed E-state index contributed by atoms with van der Waals surface area (Å²) >= 11 is 0. The number of nitrogens with zero attached hydrogens (tertiary/aromatic N) is 1. The van der Waals surface area contributed by atoms with E-state index < -0.39 is 32.5 Å². The predicted molar refractivity (Wildman–Crippen MR) is 143 cm³/mol. The lowest BCUT2D eigenvalue weighted by molar-refractivity contribution is -0.114. The zero-order chi connectivity index (χ0) is 25.9. The molecule has 4 aromatic rings. The number of amides is 1. The number of carbonyl (C=O) groups excluding carboxylic acids is 1. The number of nitrogens with one attached hydrogen (secondary N) is 2. The van der Waals surface area contributed by atoms with Crippen LogP contribution in [0.3, 0.4) is 0 Å². The van der Waals surface area contributed by atoms with Crippen LogP contribution in [-0.4, -0.2) is 35.5 Å². The molecule has 0 bridgehead atoms. The minimum atomic E-state index is -3.88.